The largest absolute Gasteiger partial charge is 0.365 e. The van der Waals surface area contributed by atoms with Gasteiger partial charge in [0.25, 0.3) is 5.91 Å². The molecule has 8 heteroatoms. The van der Waals surface area contributed by atoms with Gasteiger partial charge in [0.15, 0.2) is 6.10 Å². The van der Waals surface area contributed by atoms with Gasteiger partial charge in [-0.25, -0.2) is 4.79 Å². The highest BCUT2D eigenvalue weighted by Crippen LogP contribution is 2.09. The molecule has 0 bridgehead atoms. The molecule has 1 N–H and O–H groups in total. The first-order valence-corrected chi connectivity index (χ1v) is 7.23. The number of aromatic nitrogens is 2. The summed E-state index contributed by atoms with van der Waals surface area (Å²) in [6.45, 7) is 3.49. The number of nitrogens with one attached hydrogen (secondary N) is 1. The molecule has 1 aliphatic rings. The van der Waals surface area contributed by atoms with Crippen molar-refractivity contribution in [3.05, 3.63) is 17.5 Å². The molecular formula is C14H23N5O3. The van der Waals surface area contributed by atoms with Gasteiger partial charge < -0.3 is 19.9 Å². The number of hydrogen-bond acceptors (Lipinski definition) is 4. The Balaban J connectivity index is 1.89. The van der Waals surface area contributed by atoms with E-state index in [1.165, 1.54) is 4.90 Å². The molecule has 1 atom stereocenters. The first-order valence-electron chi connectivity index (χ1n) is 7.23. The van der Waals surface area contributed by atoms with E-state index < -0.39 is 6.10 Å². The van der Waals surface area contributed by atoms with Crippen LogP contribution in [0, 0.1) is 6.92 Å². The maximum absolute atomic E-state index is 12.2. The predicted molar refractivity (Wildman–Crippen MR) is 80.2 cm³/mol. The van der Waals surface area contributed by atoms with Crippen molar-refractivity contribution >= 4 is 11.9 Å². The third-order valence-corrected chi connectivity index (χ3v) is 3.84. The van der Waals surface area contributed by atoms with E-state index in [0.29, 0.717) is 19.7 Å². The Kier molecular flexibility index (Phi) is 5.02. The molecule has 1 aromatic heterocycles. The molecule has 0 unspecified atom stereocenters. The second kappa shape index (κ2) is 6.78. The van der Waals surface area contributed by atoms with Crippen molar-refractivity contribution in [1.82, 2.24) is 24.9 Å². The maximum atomic E-state index is 12.2. The third kappa shape index (κ3) is 3.56. The van der Waals surface area contributed by atoms with Gasteiger partial charge in [0, 0.05) is 45.5 Å². The van der Waals surface area contributed by atoms with Gasteiger partial charge in [0.05, 0.1) is 19.3 Å². The Morgan fingerprint density at radius 3 is 2.82 bits per heavy atom. The van der Waals surface area contributed by atoms with Gasteiger partial charge in [0.1, 0.15) is 0 Å². The minimum Gasteiger partial charge on any atom is -0.365 e. The van der Waals surface area contributed by atoms with E-state index in [-0.39, 0.29) is 18.5 Å². The van der Waals surface area contributed by atoms with E-state index in [9.17, 15) is 9.59 Å². The van der Waals surface area contributed by atoms with Crippen molar-refractivity contribution in [3.63, 3.8) is 0 Å². The number of morpholine rings is 1. The molecular weight excluding hydrogens is 286 g/mol. The molecule has 2 heterocycles. The molecule has 1 fully saturated rings. The average Bonchev–Trinajstić information content (AvgIpc) is 2.83. The molecule has 1 saturated heterocycles. The molecule has 0 spiro atoms. The Morgan fingerprint density at radius 1 is 1.50 bits per heavy atom. The van der Waals surface area contributed by atoms with Gasteiger partial charge in [0.2, 0.25) is 0 Å². The number of carbonyl (C=O) groups excluding carboxylic acids is 2. The highest BCUT2D eigenvalue weighted by molar-refractivity contribution is 5.82. The lowest BCUT2D eigenvalue weighted by atomic mass is 10.2. The Bertz CT molecular complexity index is 555. The summed E-state index contributed by atoms with van der Waals surface area (Å²) < 4.78 is 7.21. The average molecular weight is 309 g/mol. The molecule has 0 aliphatic carbocycles. The van der Waals surface area contributed by atoms with Crippen LogP contribution in [-0.2, 0) is 23.1 Å². The van der Waals surface area contributed by atoms with Crippen molar-refractivity contribution in [2.45, 2.75) is 19.6 Å². The molecule has 122 valence electrons. The summed E-state index contributed by atoms with van der Waals surface area (Å²) in [6.07, 6.45) is 1.16. The van der Waals surface area contributed by atoms with E-state index in [1.54, 1.807) is 29.9 Å². The van der Waals surface area contributed by atoms with Crippen molar-refractivity contribution < 1.29 is 14.3 Å². The molecule has 0 saturated carbocycles. The van der Waals surface area contributed by atoms with Crippen LogP contribution in [0.2, 0.25) is 0 Å². The van der Waals surface area contributed by atoms with Crippen LogP contribution >= 0.6 is 0 Å². The molecule has 3 amide bonds. The number of rotatable bonds is 3. The van der Waals surface area contributed by atoms with Gasteiger partial charge in [-0.2, -0.15) is 5.10 Å². The second-order valence-corrected chi connectivity index (χ2v) is 5.58. The zero-order valence-corrected chi connectivity index (χ0v) is 13.5. The van der Waals surface area contributed by atoms with Crippen LogP contribution in [0.1, 0.15) is 11.3 Å². The van der Waals surface area contributed by atoms with E-state index in [1.807, 2.05) is 14.0 Å². The quantitative estimate of drug-likeness (QED) is 0.833. The Labute approximate surface area is 130 Å². The third-order valence-electron chi connectivity index (χ3n) is 3.84. The van der Waals surface area contributed by atoms with E-state index in [4.69, 9.17) is 4.74 Å². The zero-order chi connectivity index (χ0) is 16.3. The summed E-state index contributed by atoms with van der Waals surface area (Å²) in [4.78, 5) is 27.2. The fraction of sp³-hybridized carbons (Fsp3) is 0.643. The number of carbonyl (C=O) groups is 2. The van der Waals surface area contributed by atoms with Crippen molar-refractivity contribution in [1.29, 1.82) is 0 Å². The highest BCUT2D eigenvalue weighted by Gasteiger charge is 2.30. The SMILES string of the molecule is Cc1c(CNC(=O)N2CCO[C@H](C(=O)N(C)C)C2)cnn1C. The van der Waals surface area contributed by atoms with Crippen LogP contribution in [0.25, 0.3) is 0 Å². The van der Waals surface area contributed by atoms with Crippen molar-refractivity contribution in [2.75, 3.05) is 33.8 Å². The van der Waals surface area contributed by atoms with Crippen LogP contribution in [0.5, 0.6) is 0 Å². The van der Waals surface area contributed by atoms with Crippen molar-refractivity contribution in [3.8, 4) is 0 Å². The molecule has 0 aromatic carbocycles. The van der Waals surface area contributed by atoms with Crippen LogP contribution in [0.3, 0.4) is 0 Å². The van der Waals surface area contributed by atoms with E-state index >= 15 is 0 Å². The number of urea groups is 1. The number of hydrogen-bond donors (Lipinski definition) is 1. The fourth-order valence-electron chi connectivity index (χ4n) is 2.27. The van der Waals surface area contributed by atoms with Crippen LogP contribution in [0.15, 0.2) is 6.20 Å². The highest BCUT2D eigenvalue weighted by atomic mass is 16.5. The van der Waals surface area contributed by atoms with Gasteiger partial charge >= 0.3 is 6.03 Å². The Morgan fingerprint density at radius 2 is 2.23 bits per heavy atom. The lowest BCUT2D eigenvalue weighted by Crippen LogP contribution is -2.53. The van der Waals surface area contributed by atoms with Crippen LogP contribution in [0.4, 0.5) is 4.79 Å². The van der Waals surface area contributed by atoms with Gasteiger partial charge in [-0.1, -0.05) is 0 Å². The summed E-state index contributed by atoms with van der Waals surface area (Å²) >= 11 is 0. The summed E-state index contributed by atoms with van der Waals surface area (Å²) in [7, 11) is 5.21. The van der Waals surface area contributed by atoms with Gasteiger partial charge in [-0.3, -0.25) is 9.48 Å². The number of nitrogens with zero attached hydrogens (tertiary/aromatic N) is 4. The summed E-state index contributed by atoms with van der Waals surface area (Å²) in [6, 6.07) is -0.192. The number of ether oxygens (including phenoxy) is 1. The van der Waals surface area contributed by atoms with Crippen LogP contribution < -0.4 is 5.32 Å². The number of likely N-dealkylation sites (N-methyl/N-ethyl adjacent to an activating group) is 1. The lowest BCUT2D eigenvalue weighted by Gasteiger charge is -2.33. The molecule has 0 radical (unpaired) electrons. The van der Waals surface area contributed by atoms with E-state index in [2.05, 4.69) is 10.4 Å². The minimum absolute atomic E-state index is 0.124. The topological polar surface area (TPSA) is 79.7 Å². The second-order valence-electron chi connectivity index (χ2n) is 5.58. The zero-order valence-electron chi connectivity index (χ0n) is 13.5. The molecule has 22 heavy (non-hydrogen) atoms. The maximum Gasteiger partial charge on any atom is 0.317 e. The summed E-state index contributed by atoms with van der Waals surface area (Å²) in [5.74, 6) is -0.124. The fourth-order valence-corrected chi connectivity index (χ4v) is 2.27. The standard InChI is InChI=1S/C14H23N5O3/c1-10-11(8-16-18(10)4)7-15-14(21)19-5-6-22-12(9-19)13(20)17(2)3/h8,12H,5-7,9H2,1-4H3,(H,15,21)/t12-/m0/s1. The normalized spacial score (nSPS) is 18.2. The lowest BCUT2D eigenvalue weighted by molar-refractivity contribution is -0.145. The first-order chi connectivity index (χ1) is 10.4. The summed E-state index contributed by atoms with van der Waals surface area (Å²) in [5, 5.41) is 7.01. The molecule has 1 aromatic rings. The molecule has 8 nitrogen and oxygen atoms in total. The number of aryl methyl sites for hydroxylation is 1. The monoisotopic (exact) mass is 309 g/mol. The summed E-state index contributed by atoms with van der Waals surface area (Å²) in [5.41, 5.74) is 1.99. The van der Waals surface area contributed by atoms with Gasteiger partial charge in [-0.15, -0.1) is 0 Å². The minimum atomic E-state index is -0.588. The van der Waals surface area contributed by atoms with Gasteiger partial charge in [-0.05, 0) is 6.92 Å². The number of amides is 3. The Hall–Kier alpha value is -2.09. The molecule has 2 rings (SSSR count). The predicted octanol–water partition coefficient (Wildman–Crippen LogP) is -0.273. The first kappa shape index (κ1) is 16.3. The van der Waals surface area contributed by atoms with E-state index in [0.717, 1.165) is 11.3 Å². The smallest absolute Gasteiger partial charge is 0.317 e. The van der Waals surface area contributed by atoms with Crippen molar-refractivity contribution in [2.24, 2.45) is 7.05 Å². The molecule has 1 aliphatic heterocycles. The van der Waals surface area contributed by atoms with Crippen LogP contribution in [-0.4, -0.2) is 71.4 Å².